The van der Waals surface area contributed by atoms with Crippen LogP contribution < -0.4 is 9.61 Å². The number of alkyl halides is 3. The summed E-state index contributed by atoms with van der Waals surface area (Å²) in [6, 6.07) is 4.41. The summed E-state index contributed by atoms with van der Waals surface area (Å²) < 4.78 is 65.9. The smallest absolute Gasteiger partial charge is 0.422 e. The van der Waals surface area contributed by atoms with Crippen molar-refractivity contribution >= 4 is 13.5 Å². The van der Waals surface area contributed by atoms with E-state index in [1.807, 2.05) is 45.9 Å². The van der Waals surface area contributed by atoms with Crippen molar-refractivity contribution in [1.29, 1.82) is 0 Å². The predicted octanol–water partition coefficient (Wildman–Crippen LogP) is 5.97. The van der Waals surface area contributed by atoms with Crippen LogP contribution in [0.4, 0.5) is 13.2 Å². The predicted molar refractivity (Wildman–Crippen MR) is 114 cm³/mol. The number of benzene rings is 1. The summed E-state index contributed by atoms with van der Waals surface area (Å²) in [6.07, 6.45) is -3.38. The Hall–Kier alpha value is -1.57. The molecule has 0 saturated heterocycles. The van der Waals surface area contributed by atoms with E-state index in [0.717, 1.165) is 24.0 Å². The maximum atomic E-state index is 13.5. The molecule has 1 N–H and O–H groups in total. The minimum Gasteiger partial charge on any atom is -0.455 e. The van der Waals surface area contributed by atoms with Gasteiger partial charge in [-0.15, -0.1) is 0 Å². The van der Waals surface area contributed by atoms with E-state index in [2.05, 4.69) is 9.82 Å². The number of carbonyl (C=O) groups excluding carboxylic acids is 1. The first-order chi connectivity index (χ1) is 14.4. The lowest BCUT2D eigenvalue weighted by molar-refractivity contribution is -0.187. The lowest BCUT2D eigenvalue weighted by atomic mass is 9.90. The molecule has 0 aromatic heterocycles. The number of hydrogen-bond donors (Lipinski definition) is 1. The second-order valence-corrected chi connectivity index (χ2v) is 9.69. The molecule has 1 rings (SSSR count). The Balaban J connectivity index is 3.24. The molecule has 0 heterocycles. The van der Waals surface area contributed by atoms with Crippen LogP contribution in [-0.2, 0) is 18.8 Å². The van der Waals surface area contributed by atoms with E-state index in [1.54, 1.807) is 0 Å². The number of rotatable bonds is 12. The number of para-hydroxylation sites is 1. The standard InChI is InChI=1S/C21H33F3NO5P/c1-7-14(3)17-10-9-11-18(15(4)8-2)19(17)30-31(27,13-28-6)25-16(5)20(26)29-12-21(22,23)24/h9-11,14-16H,7-8,12-13H2,1-6H3,(H,25,27)/t14?,15?,16-,31?/m0/s1. The van der Waals surface area contributed by atoms with E-state index in [4.69, 9.17) is 9.26 Å². The maximum Gasteiger partial charge on any atom is 0.422 e. The molecule has 0 aliphatic heterocycles. The van der Waals surface area contributed by atoms with Gasteiger partial charge in [-0.25, -0.2) is 5.09 Å². The zero-order valence-electron chi connectivity index (χ0n) is 18.9. The third-order valence-electron chi connectivity index (χ3n) is 5.02. The topological polar surface area (TPSA) is 73.9 Å². The average Bonchev–Trinajstić information content (AvgIpc) is 2.70. The number of hydrogen-bond acceptors (Lipinski definition) is 5. The Kier molecular flexibility index (Phi) is 10.5. The monoisotopic (exact) mass is 467 g/mol. The Morgan fingerprint density at radius 1 is 1.10 bits per heavy atom. The normalized spacial score (nSPS) is 16.8. The zero-order chi connectivity index (χ0) is 23.8. The van der Waals surface area contributed by atoms with Crippen molar-refractivity contribution in [3.63, 3.8) is 0 Å². The fraction of sp³-hybridized carbons (Fsp3) is 0.667. The van der Waals surface area contributed by atoms with Crippen molar-refractivity contribution < 1.29 is 36.5 Å². The summed E-state index contributed by atoms with van der Waals surface area (Å²) in [5.74, 6) is -0.502. The van der Waals surface area contributed by atoms with Gasteiger partial charge in [-0.1, -0.05) is 45.9 Å². The van der Waals surface area contributed by atoms with E-state index in [0.29, 0.717) is 5.75 Å². The molecule has 3 unspecified atom stereocenters. The highest BCUT2D eigenvalue weighted by molar-refractivity contribution is 7.57. The van der Waals surface area contributed by atoms with E-state index < -0.39 is 32.3 Å². The van der Waals surface area contributed by atoms with E-state index in [-0.39, 0.29) is 18.2 Å². The molecule has 0 spiro atoms. The highest BCUT2D eigenvalue weighted by Crippen LogP contribution is 2.48. The van der Waals surface area contributed by atoms with Crippen LogP contribution in [0.5, 0.6) is 5.75 Å². The molecule has 178 valence electrons. The van der Waals surface area contributed by atoms with Gasteiger partial charge in [0, 0.05) is 7.11 Å². The molecule has 1 aromatic carbocycles. The van der Waals surface area contributed by atoms with Crippen molar-refractivity contribution in [2.45, 2.75) is 71.5 Å². The van der Waals surface area contributed by atoms with Gasteiger partial charge < -0.3 is 14.0 Å². The van der Waals surface area contributed by atoms with Gasteiger partial charge in [0.15, 0.2) is 6.61 Å². The Morgan fingerprint density at radius 2 is 1.61 bits per heavy atom. The van der Waals surface area contributed by atoms with Crippen LogP contribution in [-0.4, -0.2) is 38.3 Å². The van der Waals surface area contributed by atoms with Crippen LogP contribution >= 0.6 is 7.52 Å². The number of esters is 1. The number of nitrogens with one attached hydrogen (secondary N) is 1. The minimum absolute atomic E-state index is 0.115. The van der Waals surface area contributed by atoms with Gasteiger partial charge in [0.2, 0.25) is 0 Å². The van der Waals surface area contributed by atoms with Gasteiger partial charge in [0.05, 0.1) is 0 Å². The van der Waals surface area contributed by atoms with Crippen molar-refractivity contribution in [2.75, 3.05) is 20.1 Å². The fourth-order valence-corrected chi connectivity index (χ4v) is 4.65. The van der Waals surface area contributed by atoms with Crippen LogP contribution in [0, 0.1) is 0 Å². The summed E-state index contributed by atoms with van der Waals surface area (Å²) in [5, 5.41) is 2.51. The highest BCUT2D eigenvalue weighted by atomic mass is 31.2. The first-order valence-electron chi connectivity index (χ1n) is 10.3. The molecule has 10 heteroatoms. The third kappa shape index (κ3) is 8.47. The molecule has 4 atom stereocenters. The van der Waals surface area contributed by atoms with Gasteiger partial charge in [-0.05, 0) is 42.7 Å². The second kappa shape index (κ2) is 11.9. The summed E-state index contributed by atoms with van der Waals surface area (Å²) in [5.41, 5.74) is 1.73. The van der Waals surface area contributed by atoms with Gasteiger partial charge in [0.25, 0.3) is 0 Å². The largest absolute Gasteiger partial charge is 0.455 e. The summed E-state index contributed by atoms with van der Waals surface area (Å²) in [6.45, 7) is 7.64. The Bertz CT molecular complexity index is 744. The average molecular weight is 467 g/mol. The van der Waals surface area contributed by atoms with Crippen LogP contribution in [0.2, 0.25) is 0 Å². The number of halogens is 3. The van der Waals surface area contributed by atoms with Crippen molar-refractivity contribution in [1.82, 2.24) is 5.09 Å². The van der Waals surface area contributed by atoms with Crippen molar-refractivity contribution in [3.05, 3.63) is 29.3 Å². The number of methoxy groups -OCH3 is 1. The maximum absolute atomic E-state index is 13.5. The minimum atomic E-state index is -4.65. The van der Waals surface area contributed by atoms with Gasteiger partial charge in [-0.2, -0.15) is 13.2 Å². The summed E-state index contributed by atoms with van der Waals surface area (Å²) in [4.78, 5) is 12.0. The lowest BCUT2D eigenvalue weighted by Crippen LogP contribution is -2.37. The van der Waals surface area contributed by atoms with E-state index in [1.165, 1.54) is 14.0 Å². The van der Waals surface area contributed by atoms with Crippen molar-refractivity contribution in [2.24, 2.45) is 0 Å². The molecule has 1 aromatic rings. The Morgan fingerprint density at radius 3 is 2.03 bits per heavy atom. The first kappa shape index (κ1) is 27.5. The molecule has 0 amide bonds. The summed E-state index contributed by atoms with van der Waals surface area (Å²) in [7, 11) is -2.50. The molecule has 6 nitrogen and oxygen atoms in total. The molecule has 0 aliphatic rings. The fourth-order valence-electron chi connectivity index (χ4n) is 2.93. The molecular formula is C21H33F3NO5P. The van der Waals surface area contributed by atoms with Crippen molar-refractivity contribution in [3.8, 4) is 5.75 Å². The Labute approximate surface area is 182 Å². The highest BCUT2D eigenvalue weighted by Gasteiger charge is 2.35. The zero-order valence-corrected chi connectivity index (χ0v) is 19.8. The quantitative estimate of drug-likeness (QED) is 0.301. The van der Waals surface area contributed by atoms with Gasteiger partial charge >= 0.3 is 19.7 Å². The molecule has 31 heavy (non-hydrogen) atoms. The molecule has 0 radical (unpaired) electrons. The SMILES string of the molecule is CCC(C)c1cccc(C(C)CC)c1OP(=O)(COC)N[C@@H](C)C(=O)OCC(F)(F)F. The first-order valence-corrected chi connectivity index (χ1v) is 12.1. The van der Waals surface area contributed by atoms with E-state index in [9.17, 15) is 22.5 Å². The summed E-state index contributed by atoms with van der Waals surface area (Å²) >= 11 is 0. The molecule has 0 saturated carbocycles. The molecule has 0 bridgehead atoms. The number of carbonyl (C=O) groups is 1. The molecule has 0 fully saturated rings. The van der Waals surface area contributed by atoms with Crippen LogP contribution in [0.15, 0.2) is 18.2 Å². The van der Waals surface area contributed by atoms with E-state index >= 15 is 0 Å². The molecule has 0 aliphatic carbocycles. The van der Waals surface area contributed by atoms with Crippen LogP contribution in [0.1, 0.15) is 70.4 Å². The lowest BCUT2D eigenvalue weighted by Gasteiger charge is -2.28. The van der Waals surface area contributed by atoms with Gasteiger partial charge in [0.1, 0.15) is 18.1 Å². The van der Waals surface area contributed by atoms with Gasteiger partial charge in [-0.3, -0.25) is 9.36 Å². The second-order valence-electron chi connectivity index (χ2n) is 7.64. The molecular weight excluding hydrogens is 434 g/mol. The number of ether oxygens (including phenoxy) is 2. The van der Waals surface area contributed by atoms with Crippen LogP contribution in [0.25, 0.3) is 0 Å². The third-order valence-corrected chi connectivity index (χ3v) is 6.88. The van der Waals surface area contributed by atoms with Crippen LogP contribution in [0.3, 0.4) is 0 Å².